The second-order valence-corrected chi connectivity index (χ2v) is 10.8. The minimum Gasteiger partial charge on any atom is -0.458 e. The van der Waals surface area contributed by atoms with Crippen molar-refractivity contribution >= 4 is 35.4 Å². The Balaban J connectivity index is 1.62. The summed E-state index contributed by atoms with van der Waals surface area (Å²) in [5, 5.41) is 15.3. The Morgan fingerprint density at radius 2 is 2.11 bits per heavy atom. The van der Waals surface area contributed by atoms with Gasteiger partial charge in [0, 0.05) is 29.0 Å². The minimum atomic E-state index is -1.93. The van der Waals surface area contributed by atoms with Gasteiger partial charge in [-0.05, 0) is 54.7 Å². The number of nitrogens with one attached hydrogen (secondary N) is 1. The number of halogens is 1. The van der Waals surface area contributed by atoms with Gasteiger partial charge in [-0.2, -0.15) is 12.6 Å². The Morgan fingerprint density at radius 3 is 2.84 bits per heavy atom. The molecule has 1 aromatic carbocycles. The Hall–Kier alpha value is -3.24. The number of hydrogen-bond donors (Lipinski definition) is 3. The van der Waals surface area contributed by atoms with Crippen molar-refractivity contribution in [3.63, 3.8) is 0 Å². The minimum absolute atomic E-state index is 0.109. The lowest BCUT2D eigenvalue weighted by molar-refractivity contribution is -0.172. The molecule has 2 atom stereocenters. The number of thiol groups is 1. The van der Waals surface area contributed by atoms with Crippen molar-refractivity contribution in [3.05, 3.63) is 61.7 Å². The van der Waals surface area contributed by atoms with E-state index < -0.39 is 11.6 Å². The lowest BCUT2D eigenvalue weighted by Crippen LogP contribution is -2.44. The van der Waals surface area contributed by atoms with Gasteiger partial charge >= 0.3 is 5.97 Å². The van der Waals surface area contributed by atoms with E-state index in [1.165, 1.54) is 6.07 Å². The van der Waals surface area contributed by atoms with Gasteiger partial charge in [0.2, 0.25) is 5.91 Å². The molecule has 8 nitrogen and oxygen atoms in total. The zero-order valence-corrected chi connectivity index (χ0v) is 22.1. The van der Waals surface area contributed by atoms with Crippen molar-refractivity contribution in [1.29, 1.82) is 0 Å². The van der Waals surface area contributed by atoms with Crippen LogP contribution in [0.3, 0.4) is 0 Å². The topological polar surface area (TPSA) is 111 Å². The lowest BCUT2D eigenvalue weighted by Gasteiger charge is -2.32. The Kier molecular flexibility index (Phi) is 5.88. The Labute approximate surface area is 223 Å². The molecule has 0 saturated heterocycles. The largest absolute Gasteiger partial charge is 0.458 e. The first-order valence-electron chi connectivity index (χ1n) is 12.9. The molecular weight excluding hydrogens is 509 g/mol. The fourth-order valence-corrected chi connectivity index (χ4v) is 6.53. The quantitative estimate of drug-likeness (QED) is 0.266. The first kappa shape index (κ1) is 25.1. The number of carbonyl (C=O) groups excluding carboxylic acids is 2. The molecule has 0 radical (unpaired) electrons. The highest BCUT2D eigenvalue weighted by Crippen LogP contribution is 2.46. The average Bonchev–Trinajstić information content (AvgIpc) is 3.25. The highest BCUT2D eigenvalue weighted by Gasteiger charge is 2.46. The summed E-state index contributed by atoms with van der Waals surface area (Å²) in [5.74, 6) is -0.846. The molecule has 2 aliphatic heterocycles. The van der Waals surface area contributed by atoms with Crippen molar-refractivity contribution in [2.45, 2.75) is 70.7 Å². The molecular formula is C28H28FN3O5S. The second-order valence-electron chi connectivity index (χ2n) is 10.3. The zero-order chi connectivity index (χ0) is 26.9. The van der Waals surface area contributed by atoms with E-state index >= 15 is 0 Å². The van der Waals surface area contributed by atoms with E-state index in [1.807, 2.05) is 6.92 Å². The highest BCUT2D eigenvalue weighted by molar-refractivity contribution is 7.80. The van der Waals surface area contributed by atoms with E-state index in [0.29, 0.717) is 47.5 Å². The predicted molar refractivity (Wildman–Crippen MR) is 142 cm³/mol. The summed E-state index contributed by atoms with van der Waals surface area (Å²) in [4.78, 5) is 43.8. The zero-order valence-electron chi connectivity index (χ0n) is 21.2. The van der Waals surface area contributed by atoms with Crippen LogP contribution in [-0.2, 0) is 39.5 Å². The summed E-state index contributed by atoms with van der Waals surface area (Å²) in [7, 11) is 0. The number of aryl methyl sites for hydroxylation is 1. The normalized spacial score (nSPS) is 21.1. The van der Waals surface area contributed by atoms with E-state index in [0.717, 1.165) is 22.1 Å². The molecule has 3 aliphatic rings. The number of carbonyl (C=O) groups is 2. The number of amides is 1. The van der Waals surface area contributed by atoms with Crippen LogP contribution in [0, 0.1) is 12.7 Å². The third-order valence-electron chi connectivity index (χ3n) is 8.15. The third-order valence-corrected chi connectivity index (χ3v) is 8.38. The monoisotopic (exact) mass is 537 g/mol. The molecule has 3 aromatic rings. The van der Waals surface area contributed by atoms with Crippen LogP contribution in [0.5, 0.6) is 0 Å². The summed E-state index contributed by atoms with van der Waals surface area (Å²) in [5.41, 5.74) is 2.66. The number of aromatic nitrogens is 2. The van der Waals surface area contributed by atoms with Crippen LogP contribution >= 0.6 is 12.6 Å². The van der Waals surface area contributed by atoms with Gasteiger partial charge in [-0.15, -0.1) is 0 Å². The molecule has 1 aliphatic carbocycles. The Bertz CT molecular complexity index is 1620. The number of pyridine rings is 2. The van der Waals surface area contributed by atoms with Crippen molar-refractivity contribution in [2.24, 2.45) is 0 Å². The molecule has 2 N–H and O–H groups in total. The summed E-state index contributed by atoms with van der Waals surface area (Å²) < 4.78 is 21.8. The maximum absolute atomic E-state index is 15.0. The second kappa shape index (κ2) is 8.91. The summed E-state index contributed by atoms with van der Waals surface area (Å²) in [6.07, 6.45) is 2.05. The van der Waals surface area contributed by atoms with Crippen molar-refractivity contribution in [1.82, 2.24) is 14.9 Å². The molecule has 6 rings (SSSR count). The van der Waals surface area contributed by atoms with E-state index in [-0.39, 0.29) is 60.4 Å². The van der Waals surface area contributed by atoms with Crippen LogP contribution in [-0.4, -0.2) is 32.3 Å². The van der Waals surface area contributed by atoms with Crippen LogP contribution in [0.25, 0.3) is 22.3 Å². The van der Waals surface area contributed by atoms with E-state index in [1.54, 1.807) is 17.6 Å². The van der Waals surface area contributed by atoms with Crippen LogP contribution in [0.2, 0.25) is 0 Å². The first-order chi connectivity index (χ1) is 18.2. The van der Waals surface area contributed by atoms with Crippen LogP contribution in [0.1, 0.15) is 72.0 Å². The van der Waals surface area contributed by atoms with Gasteiger partial charge in [0.1, 0.15) is 12.4 Å². The van der Waals surface area contributed by atoms with E-state index in [9.17, 15) is 23.9 Å². The lowest BCUT2D eigenvalue weighted by atomic mass is 9.81. The summed E-state index contributed by atoms with van der Waals surface area (Å²) in [6.45, 7) is 3.59. The SMILES string of the molecule is CCC[C@@]1(O)C(=O)OCc2c1cc1n(c2=O)Cc2c-1nc1cc(F)c(C)c3c1c2[C@@H](NC(=O)CCS)CC3. The number of cyclic esters (lactones) is 1. The standard InChI is InChI=1S/C28H28FN3O5S/c1-3-7-28(36)17-9-21-25-15(11-32(21)26(34)16(17)12-37-27(28)35)24-19(30-22(33)6-8-38)5-4-14-13(2)18(29)10-20(31-25)23(14)24/h9-10,19,36,38H,3-8,11-12H2,1-2H3,(H,30,33)/t19-,28-/m0/s1. The molecule has 4 heterocycles. The number of rotatable bonds is 5. The van der Waals surface area contributed by atoms with Crippen LogP contribution < -0.4 is 10.9 Å². The van der Waals surface area contributed by atoms with Crippen molar-refractivity contribution in [3.8, 4) is 11.4 Å². The Morgan fingerprint density at radius 1 is 1.32 bits per heavy atom. The van der Waals surface area contributed by atoms with Crippen molar-refractivity contribution in [2.75, 3.05) is 5.75 Å². The molecule has 1 amide bonds. The van der Waals surface area contributed by atoms with Crippen molar-refractivity contribution < 1.29 is 23.8 Å². The molecule has 2 aromatic heterocycles. The van der Waals surface area contributed by atoms with Gasteiger partial charge in [0.25, 0.3) is 5.56 Å². The maximum Gasteiger partial charge on any atom is 0.343 e. The van der Waals surface area contributed by atoms with E-state index in [2.05, 4.69) is 17.9 Å². The number of esters is 1. The first-order valence-corrected chi connectivity index (χ1v) is 13.5. The fourth-order valence-electron chi connectivity index (χ4n) is 6.33. The number of ether oxygens (including phenoxy) is 1. The smallest absolute Gasteiger partial charge is 0.343 e. The maximum atomic E-state index is 15.0. The van der Waals surface area contributed by atoms with Gasteiger partial charge in [-0.3, -0.25) is 9.59 Å². The van der Waals surface area contributed by atoms with Crippen LogP contribution in [0.15, 0.2) is 16.9 Å². The van der Waals surface area contributed by atoms with E-state index in [4.69, 9.17) is 9.72 Å². The summed E-state index contributed by atoms with van der Waals surface area (Å²) in [6, 6.07) is 2.73. The van der Waals surface area contributed by atoms with Gasteiger partial charge in [0.05, 0.1) is 35.1 Å². The molecule has 38 heavy (non-hydrogen) atoms. The fraction of sp³-hybridized carbons (Fsp3) is 0.429. The number of benzene rings is 1. The van der Waals surface area contributed by atoms with Gasteiger partial charge < -0.3 is 19.7 Å². The number of hydrogen-bond acceptors (Lipinski definition) is 7. The average molecular weight is 538 g/mol. The highest BCUT2D eigenvalue weighted by atomic mass is 32.1. The van der Waals surface area contributed by atoms with Crippen LogP contribution in [0.4, 0.5) is 4.39 Å². The molecule has 0 bridgehead atoms. The summed E-state index contributed by atoms with van der Waals surface area (Å²) >= 11 is 4.18. The number of fused-ring (bicyclic) bond motifs is 5. The molecule has 0 unspecified atom stereocenters. The number of aliphatic hydroxyl groups is 1. The van der Waals surface area contributed by atoms with Gasteiger partial charge in [-0.1, -0.05) is 13.3 Å². The molecule has 198 valence electrons. The molecule has 0 saturated carbocycles. The van der Waals surface area contributed by atoms with Gasteiger partial charge in [-0.25, -0.2) is 14.2 Å². The predicted octanol–water partition coefficient (Wildman–Crippen LogP) is 3.34. The molecule has 10 heteroatoms. The molecule has 0 fully saturated rings. The molecule has 0 spiro atoms. The van der Waals surface area contributed by atoms with Gasteiger partial charge in [0.15, 0.2) is 5.60 Å². The number of nitrogens with zero attached hydrogens (tertiary/aromatic N) is 2. The third kappa shape index (κ3) is 3.46.